The Balaban J connectivity index is 1.97. The Hall–Kier alpha value is -1.55. The first-order chi connectivity index (χ1) is 8.20. The molecule has 1 aliphatic heterocycles. The maximum atomic E-state index is 11.3. The van der Waals surface area contributed by atoms with E-state index in [2.05, 4.69) is 5.32 Å². The molecule has 0 saturated carbocycles. The lowest BCUT2D eigenvalue weighted by Gasteiger charge is -2.28. The number of benzene rings is 1. The average Bonchev–Trinajstić information content (AvgIpc) is 2.38. The van der Waals surface area contributed by atoms with Crippen LogP contribution >= 0.6 is 0 Å². The number of ether oxygens (including phenoxy) is 1. The quantitative estimate of drug-likeness (QED) is 0.761. The van der Waals surface area contributed by atoms with Gasteiger partial charge in [0, 0.05) is 6.54 Å². The summed E-state index contributed by atoms with van der Waals surface area (Å²) in [7, 11) is 1.41. The molecule has 0 amide bonds. The fourth-order valence-electron chi connectivity index (χ4n) is 2.26. The molecule has 1 aromatic rings. The largest absolute Gasteiger partial charge is 0.508 e. The Labute approximate surface area is 101 Å². The van der Waals surface area contributed by atoms with Crippen LogP contribution in [0.5, 0.6) is 5.75 Å². The smallest absolute Gasteiger partial charge is 0.322 e. The summed E-state index contributed by atoms with van der Waals surface area (Å²) in [6, 6.07) is 7.11. The van der Waals surface area contributed by atoms with Gasteiger partial charge in [-0.15, -0.1) is 0 Å². The van der Waals surface area contributed by atoms with Crippen molar-refractivity contribution in [1.82, 2.24) is 5.32 Å². The van der Waals surface area contributed by atoms with Crippen molar-refractivity contribution in [2.45, 2.75) is 24.8 Å². The van der Waals surface area contributed by atoms with Crippen molar-refractivity contribution in [3.05, 3.63) is 29.8 Å². The van der Waals surface area contributed by atoms with E-state index in [0.717, 1.165) is 24.9 Å². The molecule has 1 fully saturated rings. The van der Waals surface area contributed by atoms with E-state index in [9.17, 15) is 9.90 Å². The molecule has 1 saturated heterocycles. The zero-order valence-electron chi connectivity index (χ0n) is 9.85. The van der Waals surface area contributed by atoms with Crippen LogP contribution in [-0.2, 0) is 9.53 Å². The average molecular weight is 235 g/mol. The van der Waals surface area contributed by atoms with E-state index < -0.39 is 0 Å². The summed E-state index contributed by atoms with van der Waals surface area (Å²) in [5.74, 6) is 0.444. The summed E-state index contributed by atoms with van der Waals surface area (Å²) in [6.45, 7) is 0.739. The summed E-state index contributed by atoms with van der Waals surface area (Å²) in [6.07, 6.45) is 1.70. The summed E-state index contributed by atoms with van der Waals surface area (Å²) in [4.78, 5) is 11.3. The molecular weight excluding hydrogens is 218 g/mol. The number of piperidine rings is 1. The van der Waals surface area contributed by atoms with E-state index in [-0.39, 0.29) is 17.8 Å². The fraction of sp³-hybridized carbons (Fsp3) is 0.462. The number of esters is 1. The minimum atomic E-state index is -0.195. The van der Waals surface area contributed by atoms with Gasteiger partial charge in [-0.25, -0.2) is 0 Å². The van der Waals surface area contributed by atoms with Crippen LogP contribution < -0.4 is 5.32 Å². The van der Waals surface area contributed by atoms with Crippen LogP contribution in [0.25, 0.3) is 0 Å². The van der Waals surface area contributed by atoms with Crippen LogP contribution in [0, 0.1) is 0 Å². The lowest BCUT2D eigenvalue weighted by Crippen LogP contribution is -2.43. The minimum Gasteiger partial charge on any atom is -0.508 e. The number of rotatable bonds is 2. The van der Waals surface area contributed by atoms with E-state index in [1.165, 1.54) is 7.11 Å². The molecule has 2 rings (SSSR count). The molecule has 92 valence electrons. The number of carbonyl (C=O) groups excluding carboxylic acids is 1. The first-order valence-corrected chi connectivity index (χ1v) is 5.81. The lowest BCUT2D eigenvalue weighted by atomic mass is 9.88. The van der Waals surface area contributed by atoms with Gasteiger partial charge in [-0.05, 0) is 36.5 Å². The topological polar surface area (TPSA) is 58.6 Å². The second-order valence-corrected chi connectivity index (χ2v) is 4.35. The Kier molecular flexibility index (Phi) is 3.64. The van der Waals surface area contributed by atoms with Crippen LogP contribution in [0.2, 0.25) is 0 Å². The van der Waals surface area contributed by atoms with Crippen molar-refractivity contribution in [2.75, 3.05) is 13.7 Å². The molecule has 1 aliphatic rings. The number of phenols is 1. The number of hydrogen-bond donors (Lipinski definition) is 2. The van der Waals surface area contributed by atoms with E-state index in [1.807, 2.05) is 12.1 Å². The number of carbonyl (C=O) groups is 1. The van der Waals surface area contributed by atoms with Crippen molar-refractivity contribution in [3.8, 4) is 5.75 Å². The Morgan fingerprint density at radius 2 is 2.29 bits per heavy atom. The molecule has 2 atom stereocenters. The van der Waals surface area contributed by atoms with Gasteiger partial charge >= 0.3 is 5.97 Å². The van der Waals surface area contributed by atoms with Gasteiger partial charge in [-0.3, -0.25) is 4.79 Å². The first-order valence-electron chi connectivity index (χ1n) is 5.81. The maximum Gasteiger partial charge on any atom is 0.322 e. The van der Waals surface area contributed by atoms with Gasteiger partial charge < -0.3 is 15.2 Å². The van der Waals surface area contributed by atoms with Crippen molar-refractivity contribution >= 4 is 5.97 Å². The third-order valence-electron chi connectivity index (χ3n) is 3.24. The molecule has 0 bridgehead atoms. The number of aromatic hydroxyl groups is 1. The van der Waals surface area contributed by atoms with Crippen LogP contribution in [0.15, 0.2) is 24.3 Å². The zero-order valence-corrected chi connectivity index (χ0v) is 9.85. The standard InChI is InChI=1S/C13H17NO3/c1-17-13(16)12-6-5-10(8-14-12)9-3-2-4-11(15)7-9/h2-4,7,10,12,14-15H,5-6,8H2,1H3/t10-,12+/m1/s1. The zero-order chi connectivity index (χ0) is 12.3. The van der Waals surface area contributed by atoms with Crippen molar-refractivity contribution < 1.29 is 14.6 Å². The number of methoxy groups -OCH3 is 1. The predicted octanol–water partition coefficient (Wildman–Crippen LogP) is 1.40. The van der Waals surface area contributed by atoms with E-state index in [4.69, 9.17) is 4.74 Å². The Bertz CT molecular complexity index is 397. The molecule has 0 aliphatic carbocycles. The van der Waals surface area contributed by atoms with Gasteiger partial charge in [0.05, 0.1) is 7.11 Å². The molecule has 2 N–H and O–H groups in total. The highest BCUT2D eigenvalue weighted by Crippen LogP contribution is 2.27. The van der Waals surface area contributed by atoms with Crippen LogP contribution in [-0.4, -0.2) is 30.8 Å². The molecule has 4 nitrogen and oxygen atoms in total. The molecule has 0 unspecified atom stereocenters. The molecule has 4 heteroatoms. The number of hydrogen-bond acceptors (Lipinski definition) is 4. The van der Waals surface area contributed by atoms with Gasteiger partial charge in [-0.1, -0.05) is 12.1 Å². The number of nitrogens with one attached hydrogen (secondary N) is 1. The van der Waals surface area contributed by atoms with Gasteiger partial charge in [-0.2, -0.15) is 0 Å². The van der Waals surface area contributed by atoms with Crippen LogP contribution in [0.4, 0.5) is 0 Å². The van der Waals surface area contributed by atoms with Crippen LogP contribution in [0.3, 0.4) is 0 Å². The van der Waals surface area contributed by atoms with Crippen molar-refractivity contribution in [1.29, 1.82) is 0 Å². The highest BCUT2D eigenvalue weighted by Gasteiger charge is 2.26. The molecule has 17 heavy (non-hydrogen) atoms. The van der Waals surface area contributed by atoms with E-state index >= 15 is 0 Å². The molecular formula is C13H17NO3. The van der Waals surface area contributed by atoms with E-state index in [1.54, 1.807) is 12.1 Å². The van der Waals surface area contributed by atoms with E-state index in [0.29, 0.717) is 5.92 Å². The highest BCUT2D eigenvalue weighted by atomic mass is 16.5. The van der Waals surface area contributed by atoms with Crippen molar-refractivity contribution in [3.63, 3.8) is 0 Å². The lowest BCUT2D eigenvalue weighted by molar-refractivity contribution is -0.143. The second kappa shape index (κ2) is 5.19. The maximum absolute atomic E-state index is 11.3. The van der Waals surface area contributed by atoms with Gasteiger partial charge in [0.2, 0.25) is 0 Å². The van der Waals surface area contributed by atoms with Gasteiger partial charge in [0.25, 0.3) is 0 Å². The second-order valence-electron chi connectivity index (χ2n) is 4.35. The molecule has 1 aromatic carbocycles. The van der Waals surface area contributed by atoms with Gasteiger partial charge in [0.1, 0.15) is 11.8 Å². The molecule has 1 heterocycles. The minimum absolute atomic E-state index is 0.187. The summed E-state index contributed by atoms with van der Waals surface area (Å²) >= 11 is 0. The summed E-state index contributed by atoms with van der Waals surface area (Å²) < 4.78 is 4.71. The predicted molar refractivity (Wildman–Crippen MR) is 63.9 cm³/mol. The van der Waals surface area contributed by atoms with Gasteiger partial charge in [0.15, 0.2) is 0 Å². The molecule has 0 aromatic heterocycles. The monoisotopic (exact) mass is 235 g/mol. The van der Waals surface area contributed by atoms with Crippen molar-refractivity contribution in [2.24, 2.45) is 0 Å². The Morgan fingerprint density at radius 3 is 2.88 bits per heavy atom. The summed E-state index contributed by atoms with van der Waals surface area (Å²) in [5.41, 5.74) is 1.11. The normalized spacial score (nSPS) is 24.3. The molecule has 0 radical (unpaired) electrons. The summed E-state index contributed by atoms with van der Waals surface area (Å²) in [5, 5.41) is 12.6. The third-order valence-corrected chi connectivity index (χ3v) is 3.24. The first kappa shape index (κ1) is 11.9. The SMILES string of the molecule is COC(=O)[C@@H]1CC[C@@H](c2cccc(O)c2)CN1. The highest BCUT2D eigenvalue weighted by molar-refractivity contribution is 5.75. The van der Waals surface area contributed by atoms with Crippen LogP contribution in [0.1, 0.15) is 24.3 Å². The third kappa shape index (κ3) is 2.77. The fourth-order valence-corrected chi connectivity index (χ4v) is 2.26. The molecule has 0 spiro atoms. The Morgan fingerprint density at radius 1 is 1.47 bits per heavy atom. The number of phenolic OH excluding ortho intramolecular Hbond substituents is 1.